The van der Waals surface area contributed by atoms with E-state index < -0.39 is 0 Å². The fraction of sp³-hybridized carbons (Fsp3) is 0.143. The summed E-state index contributed by atoms with van der Waals surface area (Å²) in [4.78, 5) is 16.0. The molecule has 3 rings (SSSR count). The Hall–Kier alpha value is -3.54. The van der Waals surface area contributed by atoms with Crippen LogP contribution in [0.25, 0.3) is 0 Å². The maximum absolute atomic E-state index is 12.0. The van der Waals surface area contributed by atoms with Gasteiger partial charge in [0, 0.05) is 30.2 Å². The summed E-state index contributed by atoms with van der Waals surface area (Å²) < 4.78 is 10.8. The third-order valence-electron chi connectivity index (χ3n) is 3.85. The lowest BCUT2D eigenvalue weighted by Crippen LogP contribution is -2.28. The average Bonchev–Trinajstić information content (AvgIpc) is 2.73. The molecule has 0 aliphatic heterocycles. The Labute approximate surface area is 158 Å². The maximum Gasteiger partial charge on any atom is 0.319 e. The van der Waals surface area contributed by atoms with Crippen LogP contribution in [0.3, 0.4) is 0 Å². The molecule has 0 unspecified atom stereocenters. The molecule has 2 aromatic carbocycles. The lowest BCUT2D eigenvalue weighted by atomic mass is 10.2. The minimum absolute atomic E-state index is 0.267. The van der Waals surface area contributed by atoms with Crippen LogP contribution in [-0.2, 0) is 13.2 Å². The molecule has 0 saturated carbocycles. The first kappa shape index (κ1) is 18.3. The largest absolute Gasteiger partial charge is 0.497 e. The highest BCUT2D eigenvalue weighted by atomic mass is 16.5. The van der Waals surface area contributed by atoms with Gasteiger partial charge in [0.05, 0.1) is 7.11 Å². The second-order valence-corrected chi connectivity index (χ2v) is 5.83. The Balaban J connectivity index is 1.44. The molecule has 0 aliphatic rings. The molecule has 6 heteroatoms. The van der Waals surface area contributed by atoms with Crippen molar-refractivity contribution in [2.45, 2.75) is 13.2 Å². The predicted octanol–water partition coefficient (Wildman–Crippen LogP) is 3.99. The Kier molecular flexibility index (Phi) is 6.25. The van der Waals surface area contributed by atoms with Crippen LogP contribution in [0.4, 0.5) is 10.5 Å². The van der Waals surface area contributed by atoms with E-state index in [4.69, 9.17) is 9.47 Å². The molecular weight excluding hydrogens is 342 g/mol. The van der Waals surface area contributed by atoms with E-state index in [1.54, 1.807) is 43.8 Å². The van der Waals surface area contributed by atoms with Crippen LogP contribution in [0, 0.1) is 0 Å². The zero-order valence-corrected chi connectivity index (χ0v) is 15.0. The Bertz CT molecular complexity index is 850. The molecule has 0 radical (unpaired) electrons. The fourth-order valence-corrected chi connectivity index (χ4v) is 2.39. The van der Waals surface area contributed by atoms with E-state index in [0.29, 0.717) is 18.8 Å². The highest BCUT2D eigenvalue weighted by Crippen LogP contribution is 2.16. The van der Waals surface area contributed by atoms with Crippen LogP contribution in [0.5, 0.6) is 11.5 Å². The first-order valence-corrected chi connectivity index (χ1v) is 8.52. The van der Waals surface area contributed by atoms with E-state index in [0.717, 1.165) is 22.6 Å². The van der Waals surface area contributed by atoms with Crippen molar-refractivity contribution in [3.63, 3.8) is 0 Å². The maximum atomic E-state index is 12.0. The molecule has 138 valence electrons. The number of hydrogen-bond donors (Lipinski definition) is 2. The molecule has 1 heterocycles. The average molecular weight is 363 g/mol. The molecule has 0 atom stereocenters. The summed E-state index contributed by atoms with van der Waals surface area (Å²) in [5.41, 5.74) is 2.69. The van der Waals surface area contributed by atoms with E-state index >= 15 is 0 Å². The molecule has 2 N–H and O–H groups in total. The van der Waals surface area contributed by atoms with Gasteiger partial charge in [0.1, 0.15) is 18.1 Å². The Morgan fingerprint density at radius 1 is 0.963 bits per heavy atom. The van der Waals surface area contributed by atoms with E-state index in [1.165, 1.54) is 0 Å². The van der Waals surface area contributed by atoms with Crippen molar-refractivity contribution in [2.24, 2.45) is 0 Å². The highest BCUT2D eigenvalue weighted by Gasteiger charge is 2.03. The summed E-state index contributed by atoms with van der Waals surface area (Å²) >= 11 is 0. The van der Waals surface area contributed by atoms with Crippen LogP contribution >= 0.6 is 0 Å². The first-order valence-electron chi connectivity index (χ1n) is 8.52. The van der Waals surface area contributed by atoms with Gasteiger partial charge in [0.25, 0.3) is 0 Å². The van der Waals surface area contributed by atoms with Gasteiger partial charge in [-0.15, -0.1) is 0 Å². The minimum atomic E-state index is -0.267. The molecule has 0 aliphatic carbocycles. The Morgan fingerprint density at radius 2 is 1.70 bits per heavy atom. The van der Waals surface area contributed by atoms with Gasteiger partial charge in [0.2, 0.25) is 0 Å². The SMILES string of the molecule is COc1ccc(NC(=O)NCc2ccc(OCc3cccnc3)cc2)cc1. The van der Waals surface area contributed by atoms with Crippen LogP contribution in [0.2, 0.25) is 0 Å². The number of anilines is 1. The summed E-state index contributed by atoms with van der Waals surface area (Å²) in [6, 6.07) is 18.3. The van der Waals surface area contributed by atoms with Gasteiger partial charge in [0.15, 0.2) is 0 Å². The van der Waals surface area contributed by atoms with Gasteiger partial charge in [-0.3, -0.25) is 4.98 Å². The van der Waals surface area contributed by atoms with Crippen molar-refractivity contribution in [1.82, 2.24) is 10.3 Å². The first-order chi connectivity index (χ1) is 13.2. The third kappa shape index (κ3) is 5.74. The van der Waals surface area contributed by atoms with Gasteiger partial charge < -0.3 is 20.1 Å². The second-order valence-electron chi connectivity index (χ2n) is 5.83. The summed E-state index contributed by atoms with van der Waals surface area (Å²) in [6.07, 6.45) is 3.51. The zero-order chi connectivity index (χ0) is 18.9. The predicted molar refractivity (Wildman–Crippen MR) is 104 cm³/mol. The van der Waals surface area contributed by atoms with Crippen molar-refractivity contribution in [3.05, 3.63) is 84.2 Å². The lowest BCUT2D eigenvalue weighted by Gasteiger charge is -2.09. The molecule has 2 amide bonds. The lowest BCUT2D eigenvalue weighted by molar-refractivity contribution is 0.251. The summed E-state index contributed by atoms with van der Waals surface area (Å²) in [6.45, 7) is 0.889. The van der Waals surface area contributed by atoms with E-state index in [1.807, 2.05) is 36.4 Å². The molecule has 0 spiro atoms. The molecular formula is C21H21N3O3. The van der Waals surface area contributed by atoms with Crippen molar-refractivity contribution in [1.29, 1.82) is 0 Å². The molecule has 3 aromatic rings. The number of aromatic nitrogens is 1. The van der Waals surface area contributed by atoms with Gasteiger partial charge in [-0.25, -0.2) is 4.79 Å². The molecule has 0 bridgehead atoms. The summed E-state index contributed by atoms with van der Waals surface area (Å²) in [5.74, 6) is 1.51. The number of rotatable bonds is 7. The van der Waals surface area contributed by atoms with Crippen molar-refractivity contribution < 1.29 is 14.3 Å². The summed E-state index contributed by atoms with van der Waals surface area (Å²) in [5, 5.41) is 5.60. The smallest absolute Gasteiger partial charge is 0.319 e. The summed E-state index contributed by atoms with van der Waals surface area (Å²) in [7, 11) is 1.60. The molecule has 6 nitrogen and oxygen atoms in total. The number of nitrogens with zero attached hydrogens (tertiary/aromatic N) is 1. The minimum Gasteiger partial charge on any atom is -0.497 e. The molecule has 1 aromatic heterocycles. The molecule has 27 heavy (non-hydrogen) atoms. The monoisotopic (exact) mass is 363 g/mol. The number of hydrogen-bond acceptors (Lipinski definition) is 4. The molecule has 0 saturated heterocycles. The molecule has 0 fully saturated rings. The van der Waals surface area contributed by atoms with Crippen molar-refractivity contribution >= 4 is 11.7 Å². The van der Waals surface area contributed by atoms with Crippen LogP contribution in [0.1, 0.15) is 11.1 Å². The number of methoxy groups -OCH3 is 1. The zero-order valence-electron chi connectivity index (χ0n) is 15.0. The highest BCUT2D eigenvalue weighted by molar-refractivity contribution is 5.89. The Morgan fingerprint density at radius 3 is 2.37 bits per heavy atom. The van der Waals surface area contributed by atoms with Crippen molar-refractivity contribution in [2.75, 3.05) is 12.4 Å². The number of carbonyl (C=O) groups is 1. The van der Waals surface area contributed by atoms with Crippen molar-refractivity contribution in [3.8, 4) is 11.5 Å². The topological polar surface area (TPSA) is 72.5 Å². The number of amides is 2. The van der Waals surface area contributed by atoms with E-state index in [-0.39, 0.29) is 6.03 Å². The van der Waals surface area contributed by atoms with Crippen LogP contribution < -0.4 is 20.1 Å². The number of pyridine rings is 1. The van der Waals surface area contributed by atoms with Gasteiger partial charge in [-0.2, -0.15) is 0 Å². The number of nitrogens with one attached hydrogen (secondary N) is 2. The number of ether oxygens (including phenoxy) is 2. The standard InChI is InChI=1S/C21H21N3O3/c1-26-19-10-6-18(7-11-19)24-21(25)23-14-16-4-8-20(9-5-16)27-15-17-3-2-12-22-13-17/h2-13H,14-15H2,1H3,(H2,23,24,25). The van der Waals surface area contributed by atoms with E-state index in [9.17, 15) is 4.79 Å². The fourth-order valence-electron chi connectivity index (χ4n) is 2.39. The number of urea groups is 1. The van der Waals surface area contributed by atoms with Crippen LogP contribution in [0.15, 0.2) is 73.1 Å². The number of carbonyl (C=O) groups excluding carboxylic acids is 1. The van der Waals surface area contributed by atoms with Gasteiger partial charge in [-0.05, 0) is 48.0 Å². The number of benzene rings is 2. The van der Waals surface area contributed by atoms with Crippen LogP contribution in [-0.4, -0.2) is 18.1 Å². The second kappa shape index (κ2) is 9.24. The van der Waals surface area contributed by atoms with E-state index in [2.05, 4.69) is 15.6 Å². The van der Waals surface area contributed by atoms with Gasteiger partial charge >= 0.3 is 6.03 Å². The quantitative estimate of drug-likeness (QED) is 0.666. The third-order valence-corrected chi connectivity index (χ3v) is 3.85. The normalized spacial score (nSPS) is 10.1. The van der Waals surface area contributed by atoms with Gasteiger partial charge in [-0.1, -0.05) is 18.2 Å².